The van der Waals surface area contributed by atoms with Gasteiger partial charge in [-0.3, -0.25) is 68.4 Å². The topological polar surface area (TPSA) is 283 Å². The quantitative estimate of drug-likeness (QED) is 0.0850. The molecule has 0 bridgehead atoms. The number of carbonyl (C=O) groups excluding carboxylic acids is 7. The van der Waals surface area contributed by atoms with E-state index in [2.05, 4.69) is 145 Å². The fraction of sp³-hybridized carbons (Fsp3) is 0.138. The lowest BCUT2D eigenvalue weighted by molar-refractivity contribution is -0.119. The number of hydrogen-bond acceptors (Lipinski definition) is 18. The van der Waals surface area contributed by atoms with Crippen molar-refractivity contribution in [1.29, 1.82) is 0 Å². The van der Waals surface area contributed by atoms with Gasteiger partial charge in [-0.15, -0.1) is 23.5 Å². The van der Waals surface area contributed by atoms with Gasteiger partial charge in [0.1, 0.15) is 5.82 Å². The highest BCUT2D eigenvalue weighted by Crippen LogP contribution is 2.42. The number of nitrogens with zero attached hydrogens (tertiary/aromatic N) is 11. The fourth-order valence-corrected chi connectivity index (χ4v) is 18.3. The van der Waals surface area contributed by atoms with Crippen LogP contribution < -0.4 is 46.2 Å². The lowest BCUT2D eigenvalue weighted by Crippen LogP contribution is -2.37. The predicted molar refractivity (Wildman–Crippen MR) is 537 cm³/mol. The summed E-state index contributed by atoms with van der Waals surface area (Å²) in [6, 6.07) is 82.3. The molecule has 9 aromatic carbocycles. The largest absolute Gasteiger partial charge is 0.364 e. The molecule has 7 aliphatic heterocycles. The number of thioether (sulfide) groups is 2. The van der Waals surface area contributed by atoms with Crippen LogP contribution >= 0.6 is 23.5 Å². The minimum atomic E-state index is -0.355. The number of pyridine rings is 7. The molecule has 0 spiro atoms. The summed E-state index contributed by atoms with van der Waals surface area (Å²) in [7, 11) is 3.76. The van der Waals surface area contributed by atoms with Gasteiger partial charge in [-0.25, -0.2) is 4.39 Å². The SMILES string of the molecule is CCN1C(=O)CCc2cc(-c3cccnc3)ccc21.CN1C(=O)CCc2cc(-c3cccnc3)ccc21.CN1CC(=O)Nc2ccc(-c3cccnc3)cc21.O=C1CCc2cc(-c3cccnc3)ccc2N1.O=C1CN(Cc2ccccc2)c2cc(-c3cccnc3)ccc2N1.O=C1CSc2cc(-c3cncc(F)c3)ccc2N1.O=C1CSc2cc(-c3cncc4ccccc34)ccc2N1. The van der Waals surface area contributed by atoms with Crippen molar-refractivity contribution in [2.75, 3.05) is 91.4 Å². The number of halogens is 1. The van der Waals surface area contributed by atoms with E-state index in [1.165, 1.54) is 51.7 Å². The van der Waals surface area contributed by atoms with Gasteiger partial charge in [-0.05, 0) is 231 Å². The first kappa shape index (κ1) is 90.7. The molecule has 16 aromatic rings. The zero-order valence-electron chi connectivity index (χ0n) is 74.2. The first-order chi connectivity index (χ1) is 65.9. The smallest absolute Gasteiger partial charge is 0.243 e. The Labute approximate surface area is 789 Å². The predicted octanol–water partition coefficient (Wildman–Crippen LogP) is 21.1. The zero-order chi connectivity index (χ0) is 93.1. The highest BCUT2D eigenvalue weighted by molar-refractivity contribution is 8.00. The van der Waals surface area contributed by atoms with Gasteiger partial charge in [0.05, 0.1) is 64.9 Å². The highest BCUT2D eigenvalue weighted by Gasteiger charge is 2.28. The Morgan fingerprint density at radius 3 is 1.33 bits per heavy atom. The van der Waals surface area contributed by atoms with Crippen LogP contribution in [-0.2, 0) is 59.4 Å². The van der Waals surface area contributed by atoms with E-state index in [9.17, 15) is 38.0 Å². The first-order valence-corrected chi connectivity index (χ1v) is 46.1. The Morgan fingerprint density at radius 2 is 0.763 bits per heavy atom. The van der Waals surface area contributed by atoms with Gasteiger partial charge in [0, 0.05) is 181 Å². The summed E-state index contributed by atoms with van der Waals surface area (Å²) in [6.07, 6.45) is 28.9. The number of amides is 7. The van der Waals surface area contributed by atoms with E-state index >= 15 is 0 Å². The van der Waals surface area contributed by atoms with Crippen molar-refractivity contribution >= 4 is 127 Å². The number of hydrogen-bond donors (Lipinski definition) is 5. The second kappa shape index (κ2) is 42.8. The van der Waals surface area contributed by atoms with Crippen LogP contribution in [0.15, 0.2) is 345 Å². The van der Waals surface area contributed by atoms with Crippen LogP contribution in [0, 0.1) is 5.82 Å². The Morgan fingerprint density at radius 1 is 0.326 bits per heavy atom. The van der Waals surface area contributed by atoms with Crippen LogP contribution in [0.5, 0.6) is 0 Å². The summed E-state index contributed by atoms with van der Waals surface area (Å²) in [5, 5.41) is 16.7. The van der Waals surface area contributed by atoms with Crippen LogP contribution in [-0.4, -0.2) is 121 Å². The second-order valence-electron chi connectivity index (χ2n) is 32.6. The lowest BCUT2D eigenvalue weighted by atomic mass is 9.96. The average molecular weight is 1820 g/mol. The molecule has 23 nitrogen and oxygen atoms in total. The molecule has 0 aliphatic carbocycles. The van der Waals surface area contributed by atoms with Gasteiger partial charge in [0.2, 0.25) is 41.4 Å². The van der Waals surface area contributed by atoms with Crippen molar-refractivity contribution in [3.05, 3.63) is 364 Å². The molecule has 0 saturated heterocycles. The number of aryl methyl sites for hydroxylation is 3. The van der Waals surface area contributed by atoms with E-state index in [1.54, 1.807) is 53.8 Å². The molecule has 0 unspecified atom stereocenters. The van der Waals surface area contributed by atoms with E-state index in [0.29, 0.717) is 50.4 Å². The van der Waals surface area contributed by atoms with Crippen molar-refractivity contribution in [2.24, 2.45) is 0 Å². The lowest BCUT2D eigenvalue weighted by Gasteiger charge is -2.31. The molecule has 670 valence electrons. The minimum absolute atomic E-state index is 0.00710. The Hall–Kier alpha value is -16.2. The maximum Gasteiger partial charge on any atom is 0.243 e. The van der Waals surface area contributed by atoms with Gasteiger partial charge in [0.25, 0.3) is 0 Å². The Balaban J connectivity index is 0.000000110. The Kier molecular flexibility index (Phi) is 28.8. The number of likely N-dealkylation sites (N-methyl/N-ethyl adjacent to an activating group) is 1. The second-order valence-corrected chi connectivity index (χ2v) is 34.6. The number of carbonyl (C=O) groups is 7. The van der Waals surface area contributed by atoms with Gasteiger partial charge in [-0.2, -0.15) is 0 Å². The summed E-state index contributed by atoms with van der Waals surface area (Å²) in [5.74, 6) is 1.17. The number of aromatic nitrogens is 7. The number of nitrogens with one attached hydrogen (secondary N) is 5. The maximum atomic E-state index is 13.1. The van der Waals surface area contributed by atoms with Crippen LogP contribution in [0.25, 0.3) is 88.7 Å². The van der Waals surface area contributed by atoms with Crippen molar-refractivity contribution in [1.82, 2.24) is 34.9 Å². The van der Waals surface area contributed by atoms with E-state index in [1.807, 2.05) is 238 Å². The third-order valence-electron chi connectivity index (χ3n) is 23.5. The van der Waals surface area contributed by atoms with E-state index in [0.717, 1.165) is 170 Å². The number of fused-ring (bicyclic) bond motifs is 8. The van der Waals surface area contributed by atoms with Crippen LogP contribution in [0.4, 0.5) is 55.6 Å². The normalized spacial score (nSPS) is 14.0. The molecule has 14 heterocycles. The van der Waals surface area contributed by atoms with E-state index < -0.39 is 0 Å². The van der Waals surface area contributed by atoms with Crippen LogP contribution in [0.2, 0.25) is 0 Å². The number of benzene rings is 9. The molecular weight excluding hydrogens is 1730 g/mol. The van der Waals surface area contributed by atoms with Crippen molar-refractivity contribution in [2.45, 2.75) is 61.8 Å². The molecule has 7 aromatic heterocycles. The van der Waals surface area contributed by atoms with Crippen LogP contribution in [0.1, 0.15) is 48.4 Å². The zero-order valence-corrected chi connectivity index (χ0v) is 75.8. The molecule has 7 amide bonds. The maximum absolute atomic E-state index is 13.1. The van der Waals surface area contributed by atoms with E-state index in [-0.39, 0.29) is 47.2 Å². The highest BCUT2D eigenvalue weighted by atomic mass is 32.2. The molecular formula is C109H93FN16O7S2. The molecule has 23 rings (SSSR count). The fourth-order valence-electron chi connectivity index (χ4n) is 16.7. The number of anilines is 9. The standard InChI is InChI=1S/C20H17N3O.C17H12N2OS.C16H16N2O.C15H14N2O.C14H13N3O.C14H12N2O.C13H9FN2OS/c24-20-14-23(13-15-5-2-1-3-6-15)19-11-16(8-9-18(19)22-20)17-7-4-10-21-12-17;20-17-10-21-16-7-11(5-6-15(16)19-17)14-9-18-8-12-3-1-2-4-13(12)14;1-2-18-15-7-5-12(14-4-3-9-17-11-14)10-13(15)6-8-16(18)19;1-17-14-6-4-11(13-3-2-8-16-10-13)9-12(14)5-7-15(17)18;1-17-9-14(18)16-12-5-4-10(7-13(12)17)11-3-2-6-15-8-11;17-14-6-4-11-8-10(3-5-13(11)16-14)12-2-1-7-15-9-12;14-10-3-9(5-15-6-10)8-1-2-11-12(4-8)18-7-13(17)16-11/h1-12H,13-14H2,(H,22,24);1-9H,10H2,(H,19,20);3-5,7,9-11H,2,6,8H2,1H3;2-4,6,8-10H,5,7H2,1H3;2-8H,9H2,1H3,(H,16,18);1-3,5,7-9H,4,6H2,(H,16,17);1-6H,7H2,(H,16,17). The molecule has 0 atom stereocenters. The summed E-state index contributed by atoms with van der Waals surface area (Å²) >= 11 is 3.06. The summed E-state index contributed by atoms with van der Waals surface area (Å²) in [5.41, 5.74) is 28.4. The van der Waals surface area contributed by atoms with Gasteiger partial charge in [0.15, 0.2) is 0 Å². The molecule has 0 fully saturated rings. The van der Waals surface area contributed by atoms with Crippen molar-refractivity contribution < 1.29 is 38.0 Å². The van der Waals surface area contributed by atoms with Gasteiger partial charge < -0.3 is 46.2 Å². The molecule has 135 heavy (non-hydrogen) atoms. The third-order valence-corrected chi connectivity index (χ3v) is 25.6. The molecule has 0 saturated carbocycles. The van der Waals surface area contributed by atoms with Crippen LogP contribution in [0.3, 0.4) is 0 Å². The van der Waals surface area contributed by atoms with Crippen molar-refractivity contribution in [3.63, 3.8) is 0 Å². The third kappa shape index (κ3) is 22.5. The monoisotopic (exact) mass is 1820 g/mol. The van der Waals surface area contributed by atoms with E-state index in [4.69, 9.17) is 0 Å². The van der Waals surface area contributed by atoms with Gasteiger partial charge in [-0.1, -0.05) is 127 Å². The molecule has 0 radical (unpaired) electrons. The summed E-state index contributed by atoms with van der Waals surface area (Å²) in [4.78, 5) is 120. The van der Waals surface area contributed by atoms with Gasteiger partial charge >= 0.3 is 0 Å². The molecule has 7 aliphatic rings. The minimum Gasteiger partial charge on any atom is -0.364 e. The summed E-state index contributed by atoms with van der Waals surface area (Å²) < 4.78 is 13.1. The molecule has 26 heteroatoms. The first-order valence-electron chi connectivity index (χ1n) is 44.2. The Bertz CT molecular complexity index is 7050. The average Bonchev–Trinajstić information content (AvgIpc) is 0.797. The van der Waals surface area contributed by atoms with Crippen molar-refractivity contribution in [3.8, 4) is 77.9 Å². The molecule has 5 N–H and O–H groups in total. The summed E-state index contributed by atoms with van der Waals surface area (Å²) in [6.45, 7) is 4.21. The number of rotatable bonds is 10.